The van der Waals surface area contributed by atoms with Crippen LogP contribution in [0.4, 0.5) is 19.0 Å². The number of anilines is 1. The number of ether oxygens (including phenoxy) is 2. The Morgan fingerprint density at radius 2 is 1.98 bits per heavy atom. The standard InChI is InChI=1S/C27H28F3N5O5S/c1-41(38)14-23(36)33-25-24-21(34-35(25)22-8-7-17(13-31-22)16-5-6-16)11-18(32-26(24)37)9-10-39-19-3-2-4-20(12-19)40-15-27(28,29)30/h2-4,7-8,12-13,16,18H,5-6,9-11,14-15H2,1H3,(H,32,37)(H,33,36). The molecule has 218 valence electrons. The van der Waals surface area contributed by atoms with Gasteiger partial charge in [-0.3, -0.25) is 9.59 Å². The average molecular weight is 592 g/mol. The zero-order valence-corrected chi connectivity index (χ0v) is 22.9. The highest BCUT2D eigenvalue weighted by atomic mass is 32.2. The Labute approximate surface area is 236 Å². The first-order chi connectivity index (χ1) is 19.6. The Morgan fingerprint density at radius 1 is 1.22 bits per heavy atom. The van der Waals surface area contributed by atoms with E-state index in [2.05, 4.69) is 20.7 Å². The van der Waals surface area contributed by atoms with Gasteiger partial charge in [0, 0.05) is 31.1 Å². The molecule has 14 heteroatoms. The number of aromatic nitrogens is 3. The fraction of sp³-hybridized carbons (Fsp3) is 0.407. The molecule has 5 rings (SSSR count). The van der Waals surface area contributed by atoms with Crippen LogP contribution in [0.2, 0.25) is 0 Å². The zero-order chi connectivity index (χ0) is 29.1. The average Bonchev–Trinajstić information content (AvgIpc) is 3.69. The van der Waals surface area contributed by atoms with Gasteiger partial charge in [-0.15, -0.1) is 0 Å². The highest BCUT2D eigenvalue weighted by Gasteiger charge is 2.34. The summed E-state index contributed by atoms with van der Waals surface area (Å²) in [5.74, 6) is 0.253. The first kappa shape index (κ1) is 28.7. The van der Waals surface area contributed by atoms with E-state index in [4.69, 9.17) is 9.47 Å². The second kappa shape index (κ2) is 12.0. The van der Waals surface area contributed by atoms with Crippen LogP contribution in [-0.2, 0) is 22.4 Å². The highest BCUT2D eigenvalue weighted by molar-refractivity contribution is 7.91. The Balaban J connectivity index is 1.29. The number of hydrogen-bond acceptors (Lipinski definition) is 7. The van der Waals surface area contributed by atoms with Crippen LogP contribution in [0.3, 0.4) is 0 Å². The van der Waals surface area contributed by atoms with Crippen LogP contribution in [0.1, 0.15) is 46.8 Å². The molecule has 2 aliphatic rings. The van der Waals surface area contributed by atoms with Gasteiger partial charge in [-0.2, -0.15) is 23.0 Å². The molecule has 2 amide bonds. The van der Waals surface area contributed by atoms with E-state index in [-0.39, 0.29) is 35.5 Å². The van der Waals surface area contributed by atoms with Crippen LogP contribution in [0.15, 0.2) is 42.6 Å². The van der Waals surface area contributed by atoms with Gasteiger partial charge in [0.15, 0.2) is 24.0 Å². The number of nitrogens with one attached hydrogen (secondary N) is 2. The van der Waals surface area contributed by atoms with Crippen molar-refractivity contribution in [3.63, 3.8) is 0 Å². The zero-order valence-electron chi connectivity index (χ0n) is 22.1. The summed E-state index contributed by atoms with van der Waals surface area (Å²) in [6.45, 7) is -1.24. The molecular weight excluding hydrogens is 563 g/mol. The normalized spacial score (nSPS) is 17.4. The number of carbonyl (C=O) groups excluding carboxylic acids is 2. The second-order valence-electron chi connectivity index (χ2n) is 9.96. The Bertz CT molecular complexity index is 1410. The van der Waals surface area contributed by atoms with E-state index >= 15 is 0 Å². The molecule has 2 unspecified atom stereocenters. The minimum Gasteiger partial charge on any atom is -0.616 e. The van der Waals surface area contributed by atoms with Crippen molar-refractivity contribution in [3.8, 4) is 17.3 Å². The van der Waals surface area contributed by atoms with Crippen molar-refractivity contribution in [2.75, 3.05) is 30.5 Å². The molecule has 1 aromatic carbocycles. The largest absolute Gasteiger partial charge is 0.616 e. The number of benzene rings is 1. The Hall–Kier alpha value is -3.78. The van der Waals surface area contributed by atoms with Crippen LogP contribution < -0.4 is 20.1 Å². The minimum absolute atomic E-state index is 0.0289. The summed E-state index contributed by atoms with van der Waals surface area (Å²) in [7, 11) is 0. The molecule has 3 heterocycles. The Morgan fingerprint density at radius 3 is 2.63 bits per heavy atom. The van der Waals surface area contributed by atoms with Crippen molar-refractivity contribution in [1.29, 1.82) is 0 Å². The number of halogens is 3. The fourth-order valence-corrected chi connectivity index (χ4v) is 4.96. The minimum atomic E-state index is -4.45. The van der Waals surface area contributed by atoms with Crippen LogP contribution >= 0.6 is 0 Å². The molecule has 10 nitrogen and oxygen atoms in total. The van der Waals surface area contributed by atoms with Gasteiger partial charge in [-0.05, 0) is 53.7 Å². The molecule has 0 bridgehead atoms. The first-order valence-corrected chi connectivity index (χ1v) is 14.7. The van der Waals surface area contributed by atoms with E-state index in [0.717, 1.165) is 18.4 Å². The monoisotopic (exact) mass is 591 g/mol. The molecule has 2 N–H and O–H groups in total. The summed E-state index contributed by atoms with van der Waals surface area (Å²) in [6.07, 6.45) is 1.70. The molecule has 1 aliphatic carbocycles. The van der Waals surface area contributed by atoms with E-state index in [0.29, 0.717) is 36.0 Å². The lowest BCUT2D eigenvalue weighted by molar-refractivity contribution is -0.153. The molecule has 41 heavy (non-hydrogen) atoms. The molecule has 3 aromatic rings. The lowest BCUT2D eigenvalue weighted by atomic mass is 9.99. The third-order valence-corrected chi connectivity index (χ3v) is 7.20. The number of carbonyl (C=O) groups is 2. The maximum Gasteiger partial charge on any atom is 0.422 e. The van der Waals surface area contributed by atoms with Crippen molar-refractivity contribution >= 4 is 28.8 Å². The summed E-state index contributed by atoms with van der Waals surface area (Å²) in [6, 6.07) is 9.29. The molecule has 2 atom stereocenters. The lowest BCUT2D eigenvalue weighted by Gasteiger charge is -2.23. The third-order valence-electron chi connectivity index (χ3n) is 6.53. The summed E-state index contributed by atoms with van der Waals surface area (Å²) < 4.78 is 60.8. The topological polar surface area (TPSA) is 130 Å². The van der Waals surface area contributed by atoms with Gasteiger partial charge in [0.2, 0.25) is 0 Å². The van der Waals surface area contributed by atoms with E-state index in [1.54, 1.807) is 18.3 Å². The van der Waals surface area contributed by atoms with E-state index in [9.17, 15) is 27.3 Å². The van der Waals surface area contributed by atoms with Crippen LogP contribution in [0.5, 0.6) is 11.5 Å². The summed E-state index contributed by atoms with van der Waals surface area (Å²) in [5.41, 5.74) is 1.79. The molecule has 1 saturated carbocycles. The van der Waals surface area contributed by atoms with E-state index in [1.165, 1.54) is 29.1 Å². The van der Waals surface area contributed by atoms with Crippen LogP contribution in [-0.4, -0.2) is 68.6 Å². The van der Waals surface area contributed by atoms with E-state index in [1.807, 2.05) is 6.07 Å². The van der Waals surface area contributed by atoms with Crippen molar-refractivity contribution < 1.29 is 36.8 Å². The van der Waals surface area contributed by atoms with Crippen LogP contribution in [0.25, 0.3) is 5.82 Å². The van der Waals surface area contributed by atoms with Gasteiger partial charge in [-0.1, -0.05) is 12.1 Å². The van der Waals surface area contributed by atoms with Gasteiger partial charge in [-0.25, -0.2) is 4.98 Å². The molecule has 0 spiro atoms. The molecule has 0 saturated heterocycles. The number of pyridine rings is 1. The number of amides is 2. The second-order valence-corrected chi connectivity index (χ2v) is 11.4. The fourth-order valence-electron chi connectivity index (χ4n) is 4.51. The van der Waals surface area contributed by atoms with Crippen molar-refractivity contribution in [2.45, 2.75) is 43.8 Å². The number of fused-ring (bicyclic) bond motifs is 1. The maximum absolute atomic E-state index is 13.2. The first-order valence-electron chi connectivity index (χ1n) is 13.0. The molecule has 0 radical (unpaired) electrons. The maximum atomic E-state index is 13.2. The molecular formula is C27H28F3N5O5S. The van der Waals surface area contributed by atoms with E-state index < -0.39 is 35.8 Å². The molecule has 1 fully saturated rings. The SMILES string of the molecule is C[S+]([O-])CC(=O)Nc1c2c(nn1-c1ccc(C3CC3)cn1)CC(CCOc1cccc(OCC(F)(F)F)c1)NC2=O. The highest BCUT2D eigenvalue weighted by Crippen LogP contribution is 2.40. The predicted molar refractivity (Wildman–Crippen MR) is 144 cm³/mol. The molecule has 1 aliphatic heterocycles. The molecule has 2 aromatic heterocycles. The quantitative estimate of drug-likeness (QED) is 0.326. The van der Waals surface area contributed by atoms with Gasteiger partial charge in [0.1, 0.15) is 17.1 Å². The van der Waals surface area contributed by atoms with Crippen molar-refractivity contribution in [3.05, 3.63) is 59.4 Å². The number of nitrogens with zero attached hydrogens (tertiary/aromatic N) is 3. The summed E-state index contributed by atoms with van der Waals surface area (Å²) in [4.78, 5) is 30.2. The number of alkyl halides is 3. The predicted octanol–water partition coefficient (Wildman–Crippen LogP) is 3.53. The summed E-state index contributed by atoms with van der Waals surface area (Å²) >= 11 is -1.38. The summed E-state index contributed by atoms with van der Waals surface area (Å²) in [5, 5.41) is 10.2. The number of hydrogen-bond donors (Lipinski definition) is 2. The smallest absolute Gasteiger partial charge is 0.422 e. The lowest BCUT2D eigenvalue weighted by Crippen LogP contribution is -2.42. The van der Waals surface area contributed by atoms with Crippen molar-refractivity contribution in [1.82, 2.24) is 20.1 Å². The third kappa shape index (κ3) is 7.50. The Kier molecular flexibility index (Phi) is 8.40. The van der Waals surface area contributed by atoms with Gasteiger partial charge >= 0.3 is 6.18 Å². The van der Waals surface area contributed by atoms with Crippen molar-refractivity contribution in [2.24, 2.45) is 0 Å². The van der Waals surface area contributed by atoms with Gasteiger partial charge < -0.3 is 24.7 Å². The number of rotatable bonds is 11. The van der Waals surface area contributed by atoms with Gasteiger partial charge in [0.05, 0.1) is 18.6 Å². The van der Waals surface area contributed by atoms with Crippen LogP contribution in [0, 0.1) is 0 Å². The van der Waals surface area contributed by atoms with Gasteiger partial charge in [0.25, 0.3) is 11.8 Å².